The minimum absolute atomic E-state index is 0.162. The van der Waals surface area contributed by atoms with Gasteiger partial charge in [-0.05, 0) is 18.2 Å². The van der Waals surface area contributed by atoms with Gasteiger partial charge in [-0.15, -0.1) is 0 Å². The molecule has 25 heavy (non-hydrogen) atoms. The molecule has 0 spiro atoms. The fourth-order valence-electron chi connectivity index (χ4n) is 2.95. The SMILES string of the molecule is N#CC(c1ccccc1F)N1CCN(C(=O)Nc2ccccc2)CC1. The predicted octanol–water partition coefficient (Wildman–Crippen LogP) is 3.24. The van der Waals surface area contributed by atoms with E-state index in [1.807, 2.05) is 35.2 Å². The fraction of sp³-hybridized carbons (Fsp3) is 0.263. The van der Waals surface area contributed by atoms with E-state index in [0.717, 1.165) is 5.69 Å². The molecule has 0 saturated carbocycles. The summed E-state index contributed by atoms with van der Waals surface area (Å²) in [5.41, 5.74) is 1.13. The first kappa shape index (κ1) is 16.9. The van der Waals surface area contributed by atoms with E-state index < -0.39 is 6.04 Å². The van der Waals surface area contributed by atoms with Crippen molar-refractivity contribution in [3.63, 3.8) is 0 Å². The number of piperazine rings is 1. The molecule has 1 aliphatic heterocycles. The number of nitriles is 1. The normalized spacial score (nSPS) is 16.1. The summed E-state index contributed by atoms with van der Waals surface area (Å²) in [6.07, 6.45) is 0. The second kappa shape index (κ2) is 7.77. The number of nitrogens with zero attached hydrogens (tertiary/aromatic N) is 3. The predicted molar refractivity (Wildman–Crippen MR) is 93.4 cm³/mol. The maximum atomic E-state index is 14.0. The van der Waals surface area contributed by atoms with Crippen LogP contribution in [0.5, 0.6) is 0 Å². The van der Waals surface area contributed by atoms with E-state index in [1.165, 1.54) is 6.07 Å². The van der Waals surface area contributed by atoms with Crippen molar-refractivity contribution < 1.29 is 9.18 Å². The van der Waals surface area contributed by atoms with Gasteiger partial charge in [0.1, 0.15) is 11.9 Å². The summed E-state index contributed by atoms with van der Waals surface area (Å²) in [6, 6.07) is 17.0. The lowest BCUT2D eigenvalue weighted by atomic mass is 10.0. The average Bonchev–Trinajstić information content (AvgIpc) is 2.65. The first-order chi connectivity index (χ1) is 12.2. The molecule has 2 aromatic rings. The van der Waals surface area contributed by atoms with E-state index in [2.05, 4.69) is 11.4 Å². The molecule has 6 heteroatoms. The average molecular weight is 338 g/mol. The number of benzene rings is 2. The Labute approximate surface area is 146 Å². The van der Waals surface area contributed by atoms with E-state index in [4.69, 9.17) is 0 Å². The summed E-state index contributed by atoms with van der Waals surface area (Å²) in [7, 11) is 0. The number of halogens is 1. The molecule has 0 radical (unpaired) electrons. The summed E-state index contributed by atoms with van der Waals surface area (Å²) in [5.74, 6) is -0.377. The third-order valence-corrected chi connectivity index (χ3v) is 4.31. The van der Waals surface area contributed by atoms with Gasteiger partial charge in [-0.3, -0.25) is 4.90 Å². The van der Waals surface area contributed by atoms with Crippen molar-refractivity contribution in [3.8, 4) is 6.07 Å². The van der Waals surface area contributed by atoms with E-state index in [0.29, 0.717) is 31.7 Å². The van der Waals surface area contributed by atoms with Crippen LogP contribution < -0.4 is 5.32 Å². The van der Waals surface area contributed by atoms with Crippen molar-refractivity contribution in [2.75, 3.05) is 31.5 Å². The number of hydrogen-bond acceptors (Lipinski definition) is 3. The molecule has 1 fully saturated rings. The molecule has 2 amide bonds. The Hall–Kier alpha value is -2.91. The van der Waals surface area contributed by atoms with Crippen molar-refractivity contribution in [1.82, 2.24) is 9.80 Å². The molecule has 2 aromatic carbocycles. The topological polar surface area (TPSA) is 59.4 Å². The van der Waals surface area contributed by atoms with Crippen LogP contribution in [-0.4, -0.2) is 42.0 Å². The summed E-state index contributed by atoms with van der Waals surface area (Å²) in [4.78, 5) is 15.9. The van der Waals surface area contributed by atoms with Crippen molar-refractivity contribution in [3.05, 3.63) is 66.0 Å². The number of nitrogens with one attached hydrogen (secondary N) is 1. The number of hydrogen-bond donors (Lipinski definition) is 1. The van der Waals surface area contributed by atoms with Crippen molar-refractivity contribution in [2.45, 2.75) is 6.04 Å². The zero-order valence-corrected chi connectivity index (χ0v) is 13.7. The Bertz CT molecular complexity index is 766. The highest BCUT2D eigenvalue weighted by Crippen LogP contribution is 2.24. The van der Waals surface area contributed by atoms with Gasteiger partial charge in [-0.25, -0.2) is 9.18 Å². The van der Waals surface area contributed by atoms with Crippen molar-refractivity contribution in [1.29, 1.82) is 5.26 Å². The molecule has 1 atom stereocenters. The van der Waals surface area contributed by atoms with E-state index in [-0.39, 0.29) is 11.8 Å². The summed E-state index contributed by atoms with van der Waals surface area (Å²) < 4.78 is 14.0. The van der Waals surface area contributed by atoms with Crippen LogP contribution in [0, 0.1) is 17.1 Å². The highest BCUT2D eigenvalue weighted by Gasteiger charge is 2.28. The van der Waals surface area contributed by atoms with Crippen molar-refractivity contribution in [2.24, 2.45) is 0 Å². The Balaban J connectivity index is 1.60. The molecule has 0 bridgehead atoms. The maximum absolute atomic E-state index is 14.0. The second-order valence-electron chi connectivity index (χ2n) is 5.87. The van der Waals surface area contributed by atoms with Crippen LogP contribution in [-0.2, 0) is 0 Å². The van der Waals surface area contributed by atoms with E-state index in [9.17, 15) is 14.4 Å². The molecule has 1 aliphatic rings. The highest BCUT2D eigenvalue weighted by molar-refractivity contribution is 5.89. The standard InChI is InChI=1S/C19H19FN4O/c20-17-9-5-4-8-16(17)18(14-21)23-10-12-24(13-11-23)19(25)22-15-6-2-1-3-7-15/h1-9,18H,10-13H2,(H,22,25). The lowest BCUT2D eigenvalue weighted by Gasteiger charge is -2.37. The number of carbonyl (C=O) groups excluding carboxylic acids is 1. The molecule has 5 nitrogen and oxygen atoms in total. The lowest BCUT2D eigenvalue weighted by molar-refractivity contribution is 0.130. The number of urea groups is 1. The molecule has 3 rings (SSSR count). The zero-order valence-electron chi connectivity index (χ0n) is 13.7. The molecule has 128 valence electrons. The van der Waals surface area contributed by atoms with Crippen LogP contribution in [0.25, 0.3) is 0 Å². The van der Waals surface area contributed by atoms with Gasteiger partial charge in [-0.2, -0.15) is 5.26 Å². The van der Waals surface area contributed by atoms with Gasteiger partial charge in [0.25, 0.3) is 0 Å². The maximum Gasteiger partial charge on any atom is 0.321 e. The molecule has 0 aliphatic carbocycles. The van der Waals surface area contributed by atoms with E-state index in [1.54, 1.807) is 23.1 Å². The monoisotopic (exact) mass is 338 g/mol. The van der Waals surface area contributed by atoms with Gasteiger partial charge in [0.05, 0.1) is 6.07 Å². The number of carbonyl (C=O) groups is 1. The molecule has 1 unspecified atom stereocenters. The number of para-hydroxylation sites is 1. The molecule has 1 heterocycles. The van der Waals surface area contributed by atoms with Crippen LogP contribution in [0.15, 0.2) is 54.6 Å². The van der Waals surface area contributed by atoms with Crippen LogP contribution in [0.4, 0.5) is 14.9 Å². The minimum atomic E-state index is -0.638. The van der Waals surface area contributed by atoms with Crippen molar-refractivity contribution >= 4 is 11.7 Å². The zero-order chi connectivity index (χ0) is 17.6. The smallest absolute Gasteiger partial charge is 0.321 e. The molecular weight excluding hydrogens is 319 g/mol. The Morgan fingerprint density at radius 1 is 1.04 bits per heavy atom. The minimum Gasteiger partial charge on any atom is -0.322 e. The first-order valence-corrected chi connectivity index (χ1v) is 8.18. The van der Waals surface area contributed by atoms with Gasteiger partial charge in [0.2, 0.25) is 0 Å². The van der Waals surface area contributed by atoms with Gasteiger partial charge in [-0.1, -0.05) is 36.4 Å². The molecule has 1 N–H and O–H groups in total. The van der Waals surface area contributed by atoms with Crippen LogP contribution in [0.3, 0.4) is 0 Å². The van der Waals surface area contributed by atoms with Crippen LogP contribution in [0.1, 0.15) is 11.6 Å². The largest absolute Gasteiger partial charge is 0.322 e. The van der Waals surface area contributed by atoms with Gasteiger partial charge < -0.3 is 10.2 Å². The van der Waals surface area contributed by atoms with Crippen LogP contribution in [0.2, 0.25) is 0 Å². The lowest BCUT2D eigenvalue weighted by Crippen LogP contribution is -2.50. The third-order valence-electron chi connectivity index (χ3n) is 4.31. The summed E-state index contributed by atoms with van der Waals surface area (Å²) in [5, 5.41) is 12.3. The van der Waals surface area contributed by atoms with Gasteiger partial charge in [0, 0.05) is 37.4 Å². The summed E-state index contributed by atoms with van der Waals surface area (Å²) in [6.45, 7) is 2.03. The molecule has 1 saturated heterocycles. The molecular formula is C19H19FN4O. The quantitative estimate of drug-likeness (QED) is 0.935. The molecule has 0 aromatic heterocycles. The Kier molecular flexibility index (Phi) is 5.26. The Morgan fingerprint density at radius 3 is 2.32 bits per heavy atom. The third kappa shape index (κ3) is 3.95. The highest BCUT2D eigenvalue weighted by atomic mass is 19.1. The van der Waals surface area contributed by atoms with E-state index >= 15 is 0 Å². The fourth-order valence-corrected chi connectivity index (χ4v) is 2.95. The Morgan fingerprint density at radius 2 is 1.68 bits per heavy atom. The van der Waals surface area contributed by atoms with Gasteiger partial charge >= 0.3 is 6.03 Å². The number of amides is 2. The van der Waals surface area contributed by atoms with Gasteiger partial charge in [0.15, 0.2) is 0 Å². The van der Waals surface area contributed by atoms with Crippen LogP contribution >= 0.6 is 0 Å². The number of rotatable bonds is 3. The first-order valence-electron chi connectivity index (χ1n) is 8.18. The number of anilines is 1. The second-order valence-corrected chi connectivity index (χ2v) is 5.87. The summed E-state index contributed by atoms with van der Waals surface area (Å²) >= 11 is 0.